The molecule has 0 saturated carbocycles. The van der Waals surface area contributed by atoms with Gasteiger partial charge in [-0.1, -0.05) is 6.07 Å². The molecule has 4 rings (SSSR count). The average Bonchev–Trinajstić information content (AvgIpc) is 2.97. The number of ether oxygens (including phenoxy) is 1. The molecule has 4 aromatic rings. The highest BCUT2D eigenvalue weighted by Crippen LogP contribution is 2.35. The van der Waals surface area contributed by atoms with Gasteiger partial charge in [0.05, 0.1) is 11.4 Å². The van der Waals surface area contributed by atoms with Gasteiger partial charge in [0.1, 0.15) is 22.0 Å². The fourth-order valence-electron chi connectivity index (χ4n) is 3.16. The Labute approximate surface area is 164 Å². The van der Waals surface area contributed by atoms with Gasteiger partial charge in [-0.2, -0.15) is 0 Å². The molecule has 0 fully saturated rings. The topological polar surface area (TPSA) is 99.6 Å². The minimum atomic E-state index is -0.552. The highest BCUT2D eigenvalue weighted by Gasteiger charge is 2.20. The maximum atomic E-state index is 12.6. The van der Waals surface area contributed by atoms with E-state index in [1.54, 1.807) is 12.3 Å². The van der Waals surface area contributed by atoms with Crippen molar-refractivity contribution < 1.29 is 9.53 Å². The predicted molar refractivity (Wildman–Crippen MR) is 109 cm³/mol. The summed E-state index contributed by atoms with van der Waals surface area (Å²) in [6.07, 6.45) is 1.72. The molecule has 0 aliphatic carbocycles. The van der Waals surface area contributed by atoms with Crippen molar-refractivity contribution in [2.24, 2.45) is 0 Å². The first kappa shape index (κ1) is 18.1. The number of nitrogens with two attached hydrogens (primary N) is 1. The lowest BCUT2D eigenvalue weighted by atomic mass is 10.1. The van der Waals surface area contributed by atoms with Gasteiger partial charge in [-0.25, -0.2) is 14.8 Å². The highest BCUT2D eigenvalue weighted by molar-refractivity contribution is 7.21. The molecule has 0 saturated heterocycles. The molecule has 8 heteroatoms. The molecule has 28 heavy (non-hydrogen) atoms. The standard InChI is InChI=1S/C20H18N4O3S/c1-10-4-5-14-23-13(7-15(25)24(14)8-10)9-27-20(26)18-17(21)16-11(2)6-12(3)22-19(16)28-18/h4-8H,9,21H2,1-3H3. The fraction of sp³-hybridized carbons (Fsp3) is 0.200. The van der Waals surface area contributed by atoms with Crippen LogP contribution in [0.4, 0.5) is 5.69 Å². The Morgan fingerprint density at radius 2 is 2.00 bits per heavy atom. The lowest BCUT2D eigenvalue weighted by Crippen LogP contribution is -2.17. The number of pyridine rings is 2. The highest BCUT2D eigenvalue weighted by atomic mass is 32.1. The molecule has 0 unspecified atom stereocenters. The Kier molecular flexibility index (Phi) is 4.35. The molecule has 0 atom stereocenters. The Bertz CT molecular complexity index is 1310. The predicted octanol–water partition coefficient (Wildman–Crippen LogP) is 3.17. The summed E-state index contributed by atoms with van der Waals surface area (Å²) in [6.45, 7) is 5.61. The van der Waals surface area contributed by atoms with Crippen molar-refractivity contribution in [1.82, 2.24) is 14.4 Å². The smallest absolute Gasteiger partial charge is 0.350 e. The van der Waals surface area contributed by atoms with Crippen molar-refractivity contribution in [2.75, 3.05) is 5.73 Å². The van der Waals surface area contributed by atoms with Gasteiger partial charge in [0.15, 0.2) is 0 Å². The van der Waals surface area contributed by atoms with E-state index in [1.165, 1.54) is 21.8 Å². The van der Waals surface area contributed by atoms with Crippen molar-refractivity contribution in [3.8, 4) is 0 Å². The van der Waals surface area contributed by atoms with Gasteiger partial charge in [0, 0.05) is 23.3 Å². The molecule has 0 amide bonds. The van der Waals surface area contributed by atoms with E-state index in [0.29, 0.717) is 26.7 Å². The van der Waals surface area contributed by atoms with Gasteiger partial charge in [-0.15, -0.1) is 11.3 Å². The summed E-state index contributed by atoms with van der Waals surface area (Å²) < 4.78 is 6.84. The number of hydrogen-bond donors (Lipinski definition) is 1. The van der Waals surface area contributed by atoms with E-state index in [1.807, 2.05) is 32.9 Å². The molecule has 4 aromatic heterocycles. The zero-order valence-electron chi connectivity index (χ0n) is 15.6. The number of nitrogen functional groups attached to an aromatic ring is 1. The third kappa shape index (κ3) is 3.11. The number of aromatic nitrogens is 3. The van der Waals surface area contributed by atoms with E-state index in [2.05, 4.69) is 9.97 Å². The summed E-state index contributed by atoms with van der Waals surface area (Å²) >= 11 is 1.21. The van der Waals surface area contributed by atoms with Crippen LogP contribution in [0.5, 0.6) is 0 Å². The molecule has 4 heterocycles. The lowest BCUT2D eigenvalue weighted by Gasteiger charge is -2.06. The molecule has 7 nitrogen and oxygen atoms in total. The first-order chi connectivity index (χ1) is 13.3. The summed E-state index contributed by atoms with van der Waals surface area (Å²) in [6, 6.07) is 6.91. The van der Waals surface area contributed by atoms with E-state index in [0.717, 1.165) is 22.2 Å². The van der Waals surface area contributed by atoms with Crippen LogP contribution in [0.2, 0.25) is 0 Å². The van der Waals surface area contributed by atoms with Crippen molar-refractivity contribution in [3.05, 3.63) is 68.2 Å². The Morgan fingerprint density at radius 3 is 2.79 bits per heavy atom. The van der Waals surface area contributed by atoms with Crippen molar-refractivity contribution in [1.29, 1.82) is 0 Å². The van der Waals surface area contributed by atoms with E-state index in [9.17, 15) is 9.59 Å². The normalized spacial score (nSPS) is 11.2. The quantitative estimate of drug-likeness (QED) is 0.536. The number of rotatable bonds is 3. The first-order valence-corrected chi connectivity index (χ1v) is 9.47. The van der Waals surface area contributed by atoms with Crippen LogP contribution in [0, 0.1) is 20.8 Å². The minimum Gasteiger partial charge on any atom is -0.455 e. The molecule has 0 spiro atoms. The van der Waals surface area contributed by atoms with Crippen LogP contribution in [0.25, 0.3) is 15.9 Å². The third-order valence-electron chi connectivity index (χ3n) is 4.42. The number of fused-ring (bicyclic) bond motifs is 2. The van der Waals surface area contributed by atoms with Crippen LogP contribution in [0.15, 0.2) is 35.3 Å². The van der Waals surface area contributed by atoms with Crippen molar-refractivity contribution in [2.45, 2.75) is 27.4 Å². The maximum Gasteiger partial charge on any atom is 0.350 e. The Morgan fingerprint density at radius 1 is 1.21 bits per heavy atom. The lowest BCUT2D eigenvalue weighted by molar-refractivity contribution is 0.0475. The van der Waals surface area contributed by atoms with E-state index < -0.39 is 5.97 Å². The summed E-state index contributed by atoms with van der Waals surface area (Å²) in [5.74, 6) is -0.552. The first-order valence-electron chi connectivity index (χ1n) is 8.66. The van der Waals surface area contributed by atoms with Crippen LogP contribution in [-0.4, -0.2) is 20.3 Å². The zero-order chi connectivity index (χ0) is 20.0. The number of carbonyl (C=O) groups excluding carboxylic acids is 1. The second kappa shape index (κ2) is 6.72. The van der Waals surface area contributed by atoms with E-state index in [4.69, 9.17) is 10.5 Å². The summed E-state index contributed by atoms with van der Waals surface area (Å²) in [7, 11) is 0. The van der Waals surface area contributed by atoms with Crippen molar-refractivity contribution >= 4 is 38.9 Å². The van der Waals surface area contributed by atoms with Gasteiger partial charge in [0.25, 0.3) is 5.56 Å². The summed E-state index contributed by atoms with van der Waals surface area (Å²) in [4.78, 5) is 34.7. The largest absolute Gasteiger partial charge is 0.455 e. The Balaban J connectivity index is 1.61. The summed E-state index contributed by atoms with van der Waals surface area (Å²) in [5.41, 5.74) is 9.99. The minimum absolute atomic E-state index is 0.114. The molecule has 142 valence electrons. The fourth-order valence-corrected chi connectivity index (χ4v) is 4.27. The monoisotopic (exact) mass is 394 g/mol. The van der Waals surface area contributed by atoms with Gasteiger partial charge in [-0.3, -0.25) is 9.20 Å². The van der Waals surface area contributed by atoms with Crippen LogP contribution in [-0.2, 0) is 11.3 Å². The SMILES string of the molecule is Cc1ccc2nc(COC(=O)c3sc4nc(C)cc(C)c4c3N)cc(=O)n2c1. The van der Waals surface area contributed by atoms with E-state index in [-0.39, 0.29) is 12.2 Å². The third-order valence-corrected chi connectivity index (χ3v) is 5.50. The van der Waals surface area contributed by atoms with E-state index >= 15 is 0 Å². The second-order valence-corrected chi connectivity index (χ2v) is 7.70. The number of nitrogens with zero attached hydrogens (tertiary/aromatic N) is 3. The van der Waals surface area contributed by atoms with Gasteiger partial charge in [-0.05, 0) is 44.0 Å². The van der Waals surface area contributed by atoms with Gasteiger partial charge < -0.3 is 10.5 Å². The van der Waals surface area contributed by atoms with Crippen LogP contribution >= 0.6 is 11.3 Å². The number of anilines is 1. The number of aryl methyl sites for hydroxylation is 3. The number of carbonyl (C=O) groups is 1. The number of thiophene rings is 1. The van der Waals surface area contributed by atoms with Crippen LogP contribution in [0.3, 0.4) is 0 Å². The molecular weight excluding hydrogens is 376 g/mol. The molecule has 0 aromatic carbocycles. The average molecular weight is 394 g/mol. The van der Waals surface area contributed by atoms with Gasteiger partial charge in [0.2, 0.25) is 0 Å². The molecular formula is C20H18N4O3S. The van der Waals surface area contributed by atoms with Crippen LogP contribution < -0.4 is 11.3 Å². The molecule has 0 aliphatic rings. The molecule has 2 N–H and O–H groups in total. The zero-order valence-corrected chi connectivity index (χ0v) is 16.5. The van der Waals surface area contributed by atoms with Gasteiger partial charge >= 0.3 is 5.97 Å². The number of hydrogen-bond acceptors (Lipinski definition) is 7. The Hall–Kier alpha value is -3.26. The van der Waals surface area contributed by atoms with Crippen LogP contribution in [0.1, 0.15) is 32.2 Å². The number of esters is 1. The summed E-state index contributed by atoms with van der Waals surface area (Å²) in [5, 5.41) is 0.778. The maximum absolute atomic E-state index is 12.6. The molecule has 0 radical (unpaired) electrons. The van der Waals surface area contributed by atoms with Crippen molar-refractivity contribution in [3.63, 3.8) is 0 Å². The molecule has 0 bridgehead atoms. The molecule has 0 aliphatic heterocycles. The second-order valence-electron chi connectivity index (χ2n) is 6.70.